The summed E-state index contributed by atoms with van der Waals surface area (Å²) < 4.78 is 5.73. The molecular formula is C14H17NO2. The molecular weight excluding hydrogens is 214 g/mol. The highest BCUT2D eigenvalue weighted by atomic mass is 16.5. The monoisotopic (exact) mass is 231 g/mol. The standard InChI is InChI=1S/C14H17NO2/c1-9(2)10-3-5-13-12(7-10)15-11(8-17-13)4-6-14(15)16/h3,5,7,9,11H,4,6,8H2,1-2H3/t11-/m1/s1. The van der Waals surface area contributed by atoms with Crippen LogP contribution in [0.4, 0.5) is 5.69 Å². The number of nitrogens with zero attached hydrogens (tertiary/aromatic N) is 1. The lowest BCUT2D eigenvalue weighted by Crippen LogP contribution is -2.40. The molecule has 0 aromatic heterocycles. The van der Waals surface area contributed by atoms with Gasteiger partial charge in [0.15, 0.2) is 0 Å². The largest absolute Gasteiger partial charge is 0.489 e. The van der Waals surface area contributed by atoms with E-state index in [0.717, 1.165) is 17.9 Å². The van der Waals surface area contributed by atoms with Crippen molar-refractivity contribution >= 4 is 11.6 Å². The normalized spacial score (nSPS) is 22.4. The van der Waals surface area contributed by atoms with E-state index >= 15 is 0 Å². The first-order valence-electron chi connectivity index (χ1n) is 6.25. The predicted octanol–water partition coefficient (Wildman–Crippen LogP) is 2.70. The molecule has 90 valence electrons. The topological polar surface area (TPSA) is 29.5 Å². The lowest BCUT2D eigenvalue weighted by Gasteiger charge is -2.32. The van der Waals surface area contributed by atoms with Crippen LogP contribution in [-0.4, -0.2) is 18.6 Å². The van der Waals surface area contributed by atoms with E-state index in [2.05, 4.69) is 26.0 Å². The molecule has 1 atom stereocenters. The average Bonchev–Trinajstić information content (AvgIpc) is 2.70. The molecule has 0 N–H and O–H groups in total. The van der Waals surface area contributed by atoms with Crippen LogP contribution in [0.3, 0.4) is 0 Å². The van der Waals surface area contributed by atoms with Gasteiger partial charge in [-0.3, -0.25) is 4.79 Å². The first kappa shape index (κ1) is 10.6. The minimum Gasteiger partial charge on any atom is -0.489 e. The third kappa shape index (κ3) is 1.61. The lowest BCUT2D eigenvalue weighted by molar-refractivity contribution is -0.117. The number of hydrogen-bond donors (Lipinski definition) is 0. The van der Waals surface area contributed by atoms with E-state index in [0.29, 0.717) is 18.9 Å². The second kappa shape index (κ2) is 3.76. The Kier molecular flexibility index (Phi) is 2.35. The molecule has 1 aromatic rings. The second-order valence-electron chi connectivity index (χ2n) is 5.15. The summed E-state index contributed by atoms with van der Waals surface area (Å²) in [5.41, 5.74) is 2.22. The van der Waals surface area contributed by atoms with Gasteiger partial charge in [0.1, 0.15) is 12.4 Å². The maximum Gasteiger partial charge on any atom is 0.227 e. The van der Waals surface area contributed by atoms with Crippen LogP contribution in [0.2, 0.25) is 0 Å². The summed E-state index contributed by atoms with van der Waals surface area (Å²) in [6.07, 6.45) is 1.57. The number of rotatable bonds is 1. The first-order chi connectivity index (χ1) is 8.16. The van der Waals surface area contributed by atoms with Gasteiger partial charge in [-0.2, -0.15) is 0 Å². The third-order valence-corrected chi connectivity index (χ3v) is 3.67. The molecule has 17 heavy (non-hydrogen) atoms. The summed E-state index contributed by atoms with van der Waals surface area (Å²) in [7, 11) is 0. The van der Waals surface area contributed by atoms with Crippen molar-refractivity contribution in [3.05, 3.63) is 23.8 Å². The van der Waals surface area contributed by atoms with Crippen molar-refractivity contribution < 1.29 is 9.53 Å². The van der Waals surface area contributed by atoms with Crippen molar-refractivity contribution in [3.8, 4) is 5.75 Å². The van der Waals surface area contributed by atoms with Crippen LogP contribution in [0.25, 0.3) is 0 Å². The van der Waals surface area contributed by atoms with Crippen molar-refractivity contribution in [2.24, 2.45) is 0 Å². The molecule has 2 aliphatic heterocycles. The van der Waals surface area contributed by atoms with Crippen LogP contribution in [0.15, 0.2) is 18.2 Å². The highest BCUT2D eigenvalue weighted by molar-refractivity contribution is 5.98. The Labute approximate surface area is 101 Å². The second-order valence-corrected chi connectivity index (χ2v) is 5.15. The van der Waals surface area contributed by atoms with Crippen LogP contribution < -0.4 is 9.64 Å². The summed E-state index contributed by atoms with van der Waals surface area (Å²) >= 11 is 0. The summed E-state index contributed by atoms with van der Waals surface area (Å²) in [5, 5.41) is 0. The summed E-state index contributed by atoms with van der Waals surface area (Å²) in [4.78, 5) is 13.9. The van der Waals surface area contributed by atoms with Crippen molar-refractivity contribution in [1.82, 2.24) is 0 Å². The van der Waals surface area contributed by atoms with Gasteiger partial charge in [-0.25, -0.2) is 0 Å². The van der Waals surface area contributed by atoms with Gasteiger partial charge >= 0.3 is 0 Å². The Hall–Kier alpha value is -1.51. The molecule has 0 spiro atoms. The van der Waals surface area contributed by atoms with Crippen LogP contribution in [0.5, 0.6) is 5.75 Å². The zero-order chi connectivity index (χ0) is 12.0. The van der Waals surface area contributed by atoms with Gasteiger partial charge in [0.2, 0.25) is 5.91 Å². The number of ether oxygens (including phenoxy) is 1. The maximum absolute atomic E-state index is 11.9. The van der Waals surface area contributed by atoms with E-state index in [1.54, 1.807) is 0 Å². The lowest BCUT2D eigenvalue weighted by atomic mass is 10.0. The van der Waals surface area contributed by atoms with Gasteiger partial charge in [0.25, 0.3) is 0 Å². The number of anilines is 1. The van der Waals surface area contributed by atoms with Crippen molar-refractivity contribution in [2.75, 3.05) is 11.5 Å². The predicted molar refractivity (Wildman–Crippen MR) is 66.5 cm³/mol. The molecule has 0 bridgehead atoms. The van der Waals surface area contributed by atoms with Gasteiger partial charge in [-0.1, -0.05) is 19.9 Å². The molecule has 3 rings (SSSR count). The number of benzene rings is 1. The number of hydrogen-bond acceptors (Lipinski definition) is 2. The molecule has 2 aliphatic rings. The summed E-state index contributed by atoms with van der Waals surface area (Å²) in [5.74, 6) is 1.56. The average molecular weight is 231 g/mol. The fourth-order valence-corrected chi connectivity index (χ4v) is 2.62. The van der Waals surface area contributed by atoms with E-state index in [1.807, 2.05) is 11.0 Å². The molecule has 3 nitrogen and oxygen atoms in total. The van der Waals surface area contributed by atoms with Crippen molar-refractivity contribution in [3.63, 3.8) is 0 Å². The van der Waals surface area contributed by atoms with Crippen LogP contribution in [-0.2, 0) is 4.79 Å². The molecule has 0 aliphatic carbocycles. The number of carbonyl (C=O) groups excluding carboxylic acids is 1. The smallest absolute Gasteiger partial charge is 0.227 e. The van der Waals surface area contributed by atoms with Gasteiger partial charge in [0.05, 0.1) is 11.7 Å². The SMILES string of the molecule is CC(C)c1ccc2c(c1)N1C(=O)CC[C@@H]1CO2. The zero-order valence-corrected chi connectivity index (χ0v) is 10.3. The Morgan fingerprint density at radius 1 is 1.41 bits per heavy atom. The molecule has 0 saturated carbocycles. The van der Waals surface area contributed by atoms with E-state index in [1.165, 1.54) is 5.56 Å². The first-order valence-corrected chi connectivity index (χ1v) is 6.25. The fourth-order valence-electron chi connectivity index (χ4n) is 2.62. The summed E-state index contributed by atoms with van der Waals surface area (Å²) in [6, 6.07) is 6.43. The minimum atomic E-state index is 0.237. The van der Waals surface area contributed by atoms with E-state index in [4.69, 9.17) is 4.74 Å². The fraction of sp³-hybridized carbons (Fsp3) is 0.500. The van der Waals surface area contributed by atoms with Gasteiger partial charge < -0.3 is 9.64 Å². The van der Waals surface area contributed by atoms with E-state index in [9.17, 15) is 4.79 Å². The Morgan fingerprint density at radius 3 is 3.00 bits per heavy atom. The summed E-state index contributed by atoms with van der Waals surface area (Å²) in [6.45, 7) is 4.96. The molecule has 2 heterocycles. The third-order valence-electron chi connectivity index (χ3n) is 3.67. The number of carbonyl (C=O) groups is 1. The minimum absolute atomic E-state index is 0.237. The molecule has 1 amide bonds. The molecule has 3 heteroatoms. The van der Waals surface area contributed by atoms with Crippen molar-refractivity contribution in [1.29, 1.82) is 0 Å². The number of fused-ring (bicyclic) bond motifs is 3. The van der Waals surface area contributed by atoms with E-state index < -0.39 is 0 Å². The molecule has 1 aromatic carbocycles. The van der Waals surface area contributed by atoms with Gasteiger partial charge in [-0.15, -0.1) is 0 Å². The van der Waals surface area contributed by atoms with E-state index in [-0.39, 0.29) is 11.9 Å². The Balaban J connectivity index is 2.07. The zero-order valence-electron chi connectivity index (χ0n) is 10.3. The molecule has 0 radical (unpaired) electrons. The molecule has 1 fully saturated rings. The van der Waals surface area contributed by atoms with Crippen LogP contribution in [0, 0.1) is 0 Å². The van der Waals surface area contributed by atoms with Crippen molar-refractivity contribution in [2.45, 2.75) is 38.6 Å². The number of amides is 1. The van der Waals surface area contributed by atoms with Crippen LogP contribution >= 0.6 is 0 Å². The van der Waals surface area contributed by atoms with Gasteiger partial charge in [-0.05, 0) is 30.0 Å². The highest BCUT2D eigenvalue weighted by Crippen LogP contribution is 2.40. The quantitative estimate of drug-likeness (QED) is 0.743. The molecule has 0 unspecified atom stereocenters. The van der Waals surface area contributed by atoms with Crippen LogP contribution in [0.1, 0.15) is 38.2 Å². The Bertz CT molecular complexity index is 467. The highest BCUT2D eigenvalue weighted by Gasteiger charge is 2.37. The van der Waals surface area contributed by atoms with Gasteiger partial charge in [0, 0.05) is 6.42 Å². The Morgan fingerprint density at radius 2 is 2.24 bits per heavy atom. The maximum atomic E-state index is 11.9. The molecule has 1 saturated heterocycles.